The Morgan fingerprint density at radius 3 is 2.17 bits per heavy atom. The largest absolute Gasteiger partial charge is 0.478 e. The van der Waals surface area contributed by atoms with Crippen molar-refractivity contribution in [3.8, 4) is 0 Å². The Bertz CT molecular complexity index is 1480. The molecule has 1 aliphatic rings. The number of imide groups is 1. The number of aromatic carboxylic acids is 2. The lowest BCUT2D eigenvalue weighted by Gasteiger charge is -2.15. The Kier molecular flexibility index (Phi) is 5.54. The van der Waals surface area contributed by atoms with Crippen LogP contribution in [0.15, 0.2) is 60.7 Å². The van der Waals surface area contributed by atoms with Crippen LogP contribution in [-0.4, -0.2) is 44.8 Å². The summed E-state index contributed by atoms with van der Waals surface area (Å²) in [4.78, 5) is 72.0. The van der Waals surface area contributed by atoms with Crippen molar-refractivity contribution >= 4 is 46.7 Å². The van der Waals surface area contributed by atoms with Gasteiger partial charge in [0.2, 0.25) is 0 Å². The first-order valence-electron chi connectivity index (χ1n) is 9.77. The molecular weight excluding hydrogens is 462 g/mol. The molecule has 3 amide bonds. The maximum absolute atomic E-state index is 12.8. The zero-order chi connectivity index (χ0) is 25.4. The zero-order valence-corrected chi connectivity index (χ0v) is 17.4. The molecule has 0 unspecified atom stereocenters. The smallest absolute Gasteiger partial charge is 0.336 e. The molecule has 35 heavy (non-hydrogen) atoms. The maximum Gasteiger partial charge on any atom is 0.336 e. The second kappa shape index (κ2) is 8.51. The van der Waals surface area contributed by atoms with Crippen LogP contribution in [-0.2, 0) is 0 Å². The summed E-state index contributed by atoms with van der Waals surface area (Å²) in [6, 6.07) is 12.0. The lowest BCUT2D eigenvalue weighted by molar-refractivity contribution is -0.384. The van der Waals surface area contributed by atoms with Crippen molar-refractivity contribution in [1.82, 2.24) is 0 Å². The van der Waals surface area contributed by atoms with E-state index in [1.165, 1.54) is 36.4 Å². The van der Waals surface area contributed by atoms with Gasteiger partial charge < -0.3 is 15.5 Å². The highest BCUT2D eigenvalue weighted by molar-refractivity contribution is 6.34. The van der Waals surface area contributed by atoms with Crippen LogP contribution in [0.3, 0.4) is 0 Å². The van der Waals surface area contributed by atoms with Gasteiger partial charge in [-0.1, -0.05) is 6.07 Å². The van der Waals surface area contributed by atoms with Gasteiger partial charge >= 0.3 is 11.9 Å². The van der Waals surface area contributed by atoms with E-state index >= 15 is 0 Å². The predicted molar refractivity (Wildman–Crippen MR) is 119 cm³/mol. The molecular formula is C23H13N3O9. The second-order valence-corrected chi connectivity index (χ2v) is 7.31. The Labute approximate surface area is 195 Å². The highest BCUT2D eigenvalue weighted by Crippen LogP contribution is 2.31. The van der Waals surface area contributed by atoms with E-state index in [0.29, 0.717) is 0 Å². The number of anilines is 2. The van der Waals surface area contributed by atoms with Crippen LogP contribution in [0.25, 0.3) is 0 Å². The number of nitrogens with zero attached hydrogens (tertiary/aromatic N) is 2. The third-order valence-electron chi connectivity index (χ3n) is 5.19. The number of carbonyl (C=O) groups is 5. The average Bonchev–Trinajstić information content (AvgIpc) is 3.08. The molecule has 0 aromatic heterocycles. The van der Waals surface area contributed by atoms with E-state index in [4.69, 9.17) is 5.11 Å². The molecule has 0 saturated carbocycles. The molecule has 0 fully saturated rings. The van der Waals surface area contributed by atoms with Gasteiger partial charge in [-0.15, -0.1) is 0 Å². The van der Waals surface area contributed by atoms with E-state index in [1.807, 2.05) is 0 Å². The number of nitro benzene ring substituents is 1. The molecule has 0 aliphatic carbocycles. The van der Waals surface area contributed by atoms with E-state index < -0.39 is 45.7 Å². The molecule has 0 radical (unpaired) electrons. The van der Waals surface area contributed by atoms with Gasteiger partial charge in [0.25, 0.3) is 23.4 Å². The minimum Gasteiger partial charge on any atom is -0.478 e. The molecule has 174 valence electrons. The molecule has 0 spiro atoms. The van der Waals surface area contributed by atoms with E-state index in [0.717, 1.165) is 29.2 Å². The Balaban J connectivity index is 1.62. The first kappa shape index (κ1) is 22.8. The molecule has 0 atom stereocenters. The van der Waals surface area contributed by atoms with Crippen LogP contribution < -0.4 is 10.2 Å². The van der Waals surface area contributed by atoms with Gasteiger partial charge in [0, 0.05) is 23.4 Å². The summed E-state index contributed by atoms with van der Waals surface area (Å²) in [5.41, 5.74) is -1.44. The monoisotopic (exact) mass is 475 g/mol. The topological polar surface area (TPSA) is 184 Å². The summed E-state index contributed by atoms with van der Waals surface area (Å²) in [7, 11) is 0. The lowest BCUT2D eigenvalue weighted by atomic mass is 10.1. The highest BCUT2D eigenvalue weighted by Gasteiger charge is 2.38. The summed E-state index contributed by atoms with van der Waals surface area (Å²) in [5, 5.41) is 31.8. The number of benzene rings is 3. The van der Waals surface area contributed by atoms with E-state index in [2.05, 4.69) is 5.32 Å². The Hall–Kier alpha value is -5.39. The number of carboxylic acids is 2. The van der Waals surface area contributed by atoms with Gasteiger partial charge in [0.1, 0.15) is 0 Å². The Morgan fingerprint density at radius 1 is 0.829 bits per heavy atom. The van der Waals surface area contributed by atoms with Gasteiger partial charge in [-0.25, -0.2) is 14.5 Å². The number of hydrogen-bond donors (Lipinski definition) is 3. The number of rotatable bonds is 6. The highest BCUT2D eigenvalue weighted by atomic mass is 16.6. The van der Waals surface area contributed by atoms with Gasteiger partial charge in [-0.2, -0.15) is 0 Å². The minimum atomic E-state index is -1.49. The van der Waals surface area contributed by atoms with Crippen LogP contribution >= 0.6 is 0 Å². The quantitative estimate of drug-likeness (QED) is 0.274. The average molecular weight is 475 g/mol. The molecule has 0 bridgehead atoms. The van der Waals surface area contributed by atoms with Gasteiger partial charge in [-0.05, 0) is 42.5 Å². The number of carbonyl (C=O) groups excluding carboxylic acids is 3. The number of fused-ring (bicyclic) bond motifs is 1. The molecule has 4 rings (SSSR count). The molecule has 3 aromatic rings. The fourth-order valence-corrected chi connectivity index (χ4v) is 3.55. The number of non-ortho nitro benzene ring substituents is 1. The summed E-state index contributed by atoms with van der Waals surface area (Å²) in [5.74, 6) is -5.17. The van der Waals surface area contributed by atoms with Crippen LogP contribution in [0, 0.1) is 10.1 Å². The maximum atomic E-state index is 12.8. The third kappa shape index (κ3) is 4.06. The summed E-state index contributed by atoms with van der Waals surface area (Å²) >= 11 is 0. The van der Waals surface area contributed by atoms with Crippen molar-refractivity contribution in [2.75, 3.05) is 10.2 Å². The number of nitrogens with one attached hydrogen (secondary N) is 1. The summed E-state index contributed by atoms with van der Waals surface area (Å²) in [6.07, 6.45) is 0. The Morgan fingerprint density at radius 2 is 1.51 bits per heavy atom. The molecule has 3 N–H and O–H groups in total. The first-order valence-corrected chi connectivity index (χ1v) is 9.77. The predicted octanol–water partition coefficient (Wildman–Crippen LogP) is 3.04. The molecule has 1 heterocycles. The van der Waals surface area contributed by atoms with E-state index in [1.54, 1.807) is 0 Å². The van der Waals surface area contributed by atoms with Gasteiger partial charge in [0.15, 0.2) is 0 Å². The van der Waals surface area contributed by atoms with Crippen molar-refractivity contribution in [3.05, 3.63) is 98.6 Å². The normalized spacial score (nSPS) is 12.3. The van der Waals surface area contributed by atoms with Crippen molar-refractivity contribution < 1.29 is 39.1 Å². The zero-order valence-electron chi connectivity index (χ0n) is 17.4. The van der Waals surface area contributed by atoms with Crippen molar-refractivity contribution in [2.24, 2.45) is 0 Å². The summed E-state index contributed by atoms with van der Waals surface area (Å²) < 4.78 is 0. The lowest BCUT2D eigenvalue weighted by Crippen LogP contribution is -2.29. The number of amides is 3. The molecule has 12 heteroatoms. The molecule has 1 aliphatic heterocycles. The fraction of sp³-hybridized carbons (Fsp3) is 0. The summed E-state index contributed by atoms with van der Waals surface area (Å²) in [6.45, 7) is 0. The second-order valence-electron chi connectivity index (χ2n) is 7.31. The first-order chi connectivity index (χ1) is 16.6. The van der Waals surface area contributed by atoms with Crippen LogP contribution in [0.2, 0.25) is 0 Å². The van der Waals surface area contributed by atoms with E-state index in [-0.39, 0.29) is 33.8 Å². The molecule has 0 saturated heterocycles. The van der Waals surface area contributed by atoms with Crippen molar-refractivity contribution in [2.45, 2.75) is 0 Å². The number of carboxylic acid groups (broad SMARTS) is 2. The number of nitro groups is 1. The standard InChI is InChI=1S/C23H13N3O9/c27-19(24-12-4-6-16(22(30)31)18(9-12)23(32)33)11-2-1-3-13(8-11)25-20(28)15-7-5-14(26(34)35)10-17(15)21(25)29/h1-10H,(H,24,27)(H,30,31)(H,32,33). The minimum absolute atomic E-state index is 0.00391. The van der Waals surface area contributed by atoms with E-state index in [9.17, 15) is 39.2 Å². The van der Waals surface area contributed by atoms with Crippen LogP contribution in [0.1, 0.15) is 51.8 Å². The van der Waals surface area contributed by atoms with Crippen molar-refractivity contribution in [3.63, 3.8) is 0 Å². The van der Waals surface area contributed by atoms with Gasteiger partial charge in [0.05, 0.1) is 32.9 Å². The molecule has 3 aromatic carbocycles. The number of hydrogen-bond acceptors (Lipinski definition) is 7. The van der Waals surface area contributed by atoms with Crippen LogP contribution in [0.4, 0.5) is 17.1 Å². The third-order valence-corrected chi connectivity index (χ3v) is 5.19. The van der Waals surface area contributed by atoms with Crippen LogP contribution in [0.5, 0.6) is 0 Å². The fourth-order valence-electron chi connectivity index (χ4n) is 3.55. The molecule has 12 nitrogen and oxygen atoms in total. The SMILES string of the molecule is O=C(Nc1ccc(C(=O)O)c(C(=O)O)c1)c1cccc(N2C(=O)c3ccc([N+](=O)[O-])cc3C2=O)c1. The van der Waals surface area contributed by atoms with Crippen molar-refractivity contribution in [1.29, 1.82) is 0 Å². The van der Waals surface area contributed by atoms with Gasteiger partial charge in [-0.3, -0.25) is 24.5 Å².